The molecule has 0 aromatic heterocycles. The molecule has 1 spiro atoms. The summed E-state index contributed by atoms with van der Waals surface area (Å²) in [4.78, 5) is 25.1. The SMILES string of the molecule is CC(C)(C)OC(=O)N1[C@H](C=O)COC12CCCCC2. The molecule has 1 atom stereocenters. The van der Waals surface area contributed by atoms with Crippen LogP contribution in [0.1, 0.15) is 52.9 Å². The second-order valence-corrected chi connectivity index (χ2v) is 6.37. The molecule has 0 aromatic rings. The van der Waals surface area contributed by atoms with E-state index >= 15 is 0 Å². The first kappa shape index (κ1) is 14.3. The predicted octanol–water partition coefficient (Wildman–Crippen LogP) is 2.48. The standard InChI is InChI=1S/C14H23NO4/c1-13(2,3)19-12(17)15-11(9-16)10-18-14(15)7-5-4-6-8-14/h9,11H,4-8,10H2,1-3H3/t11-/m1/s1. The van der Waals surface area contributed by atoms with E-state index in [9.17, 15) is 9.59 Å². The second-order valence-electron chi connectivity index (χ2n) is 6.37. The van der Waals surface area contributed by atoms with Gasteiger partial charge >= 0.3 is 6.09 Å². The number of carbonyl (C=O) groups excluding carboxylic acids is 2. The molecule has 108 valence electrons. The first-order chi connectivity index (χ1) is 8.88. The van der Waals surface area contributed by atoms with E-state index in [2.05, 4.69) is 0 Å². The summed E-state index contributed by atoms with van der Waals surface area (Å²) in [7, 11) is 0. The lowest BCUT2D eigenvalue weighted by atomic mass is 9.90. The Labute approximate surface area is 114 Å². The molecule has 19 heavy (non-hydrogen) atoms. The van der Waals surface area contributed by atoms with Crippen molar-refractivity contribution in [3.63, 3.8) is 0 Å². The van der Waals surface area contributed by atoms with Gasteiger partial charge < -0.3 is 14.3 Å². The summed E-state index contributed by atoms with van der Waals surface area (Å²) in [6.45, 7) is 5.75. The van der Waals surface area contributed by atoms with Gasteiger partial charge in [-0.05, 0) is 46.5 Å². The van der Waals surface area contributed by atoms with Crippen LogP contribution in [-0.4, -0.2) is 41.3 Å². The summed E-state index contributed by atoms with van der Waals surface area (Å²) in [5, 5.41) is 0. The number of hydrogen-bond donors (Lipinski definition) is 0. The Hall–Kier alpha value is -1.10. The van der Waals surface area contributed by atoms with Gasteiger partial charge in [-0.3, -0.25) is 4.90 Å². The Morgan fingerprint density at radius 2 is 1.95 bits per heavy atom. The van der Waals surface area contributed by atoms with Crippen LogP contribution in [0.2, 0.25) is 0 Å². The van der Waals surface area contributed by atoms with Crippen LogP contribution < -0.4 is 0 Å². The number of ether oxygens (including phenoxy) is 2. The van der Waals surface area contributed by atoms with Crippen LogP contribution >= 0.6 is 0 Å². The van der Waals surface area contributed by atoms with Gasteiger partial charge in [0.1, 0.15) is 23.7 Å². The van der Waals surface area contributed by atoms with Crippen molar-refractivity contribution in [3.8, 4) is 0 Å². The van der Waals surface area contributed by atoms with Crippen LogP contribution in [0.4, 0.5) is 4.79 Å². The molecule has 5 heteroatoms. The van der Waals surface area contributed by atoms with Crippen molar-refractivity contribution in [1.82, 2.24) is 4.90 Å². The van der Waals surface area contributed by atoms with Crippen molar-refractivity contribution >= 4 is 12.4 Å². The Morgan fingerprint density at radius 1 is 1.32 bits per heavy atom. The van der Waals surface area contributed by atoms with Crippen LogP contribution in [0.15, 0.2) is 0 Å². The molecule has 0 unspecified atom stereocenters. The van der Waals surface area contributed by atoms with Gasteiger partial charge in [-0.15, -0.1) is 0 Å². The largest absolute Gasteiger partial charge is 0.444 e. The molecule has 0 N–H and O–H groups in total. The summed E-state index contributed by atoms with van der Waals surface area (Å²) in [5.74, 6) is 0. The van der Waals surface area contributed by atoms with E-state index in [0.29, 0.717) is 0 Å². The molecule has 1 aliphatic carbocycles. The molecule has 0 radical (unpaired) electrons. The van der Waals surface area contributed by atoms with Crippen molar-refractivity contribution in [2.75, 3.05) is 6.61 Å². The number of nitrogens with zero attached hydrogens (tertiary/aromatic N) is 1. The van der Waals surface area contributed by atoms with Gasteiger partial charge in [0.05, 0.1) is 6.61 Å². The molecule has 1 saturated heterocycles. The van der Waals surface area contributed by atoms with E-state index < -0.39 is 23.5 Å². The van der Waals surface area contributed by atoms with E-state index in [1.54, 1.807) is 0 Å². The summed E-state index contributed by atoms with van der Waals surface area (Å²) in [5.41, 5.74) is -1.19. The molecular formula is C14H23NO4. The number of rotatable bonds is 1. The fourth-order valence-electron chi connectivity index (χ4n) is 2.89. The smallest absolute Gasteiger partial charge is 0.413 e. The van der Waals surface area contributed by atoms with E-state index in [4.69, 9.17) is 9.47 Å². The fourth-order valence-corrected chi connectivity index (χ4v) is 2.89. The van der Waals surface area contributed by atoms with Crippen LogP contribution in [0.5, 0.6) is 0 Å². The van der Waals surface area contributed by atoms with Gasteiger partial charge in [-0.25, -0.2) is 4.79 Å². The number of amides is 1. The molecule has 1 aliphatic heterocycles. The van der Waals surface area contributed by atoms with Crippen molar-refractivity contribution in [1.29, 1.82) is 0 Å². The molecule has 2 aliphatic rings. The maximum Gasteiger partial charge on any atom is 0.413 e. The highest BCUT2D eigenvalue weighted by molar-refractivity contribution is 5.75. The molecular weight excluding hydrogens is 246 g/mol. The molecule has 5 nitrogen and oxygen atoms in total. The quantitative estimate of drug-likeness (QED) is 0.686. The second kappa shape index (κ2) is 5.12. The first-order valence-corrected chi connectivity index (χ1v) is 6.99. The van der Waals surface area contributed by atoms with Crippen LogP contribution in [0, 0.1) is 0 Å². The topological polar surface area (TPSA) is 55.8 Å². The van der Waals surface area contributed by atoms with Crippen LogP contribution in [0.3, 0.4) is 0 Å². The third-order valence-corrected chi connectivity index (χ3v) is 3.68. The average Bonchev–Trinajstić information content (AvgIpc) is 2.66. The minimum absolute atomic E-state index is 0.280. The van der Waals surface area contributed by atoms with Gasteiger partial charge in [0.15, 0.2) is 0 Å². The van der Waals surface area contributed by atoms with E-state index in [-0.39, 0.29) is 6.61 Å². The van der Waals surface area contributed by atoms with Gasteiger partial charge in [0, 0.05) is 0 Å². The molecule has 2 fully saturated rings. The van der Waals surface area contributed by atoms with Gasteiger partial charge in [-0.1, -0.05) is 6.42 Å². The van der Waals surface area contributed by atoms with E-state index in [0.717, 1.165) is 38.4 Å². The summed E-state index contributed by atoms with van der Waals surface area (Å²) < 4.78 is 11.3. The Morgan fingerprint density at radius 3 is 2.47 bits per heavy atom. The Balaban J connectivity index is 2.20. The van der Waals surface area contributed by atoms with Crippen molar-refractivity contribution in [3.05, 3.63) is 0 Å². The van der Waals surface area contributed by atoms with Crippen molar-refractivity contribution < 1.29 is 19.1 Å². The van der Waals surface area contributed by atoms with Crippen molar-refractivity contribution in [2.24, 2.45) is 0 Å². The Kier molecular flexibility index (Phi) is 3.85. The highest BCUT2D eigenvalue weighted by Crippen LogP contribution is 2.40. The van der Waals surface area contributed by atoms with Gasteiger partial charge in [0.25, 0.3) is 0 Å². The fraction of sp³-hybridized carbons (Fsp3) is 0.857. The molecule has 1 amide bonds. The monoisotopic (exact) mass is 269 g/mol. The molecule has 1 saturated carbocycles. The van der Waals surface area contributed by atoms with Gasteiger partial charge in [-0.2, -0.15) is 0 Å². The predicted molar refractivity (Wildman–Crippen MR) is 69.7 cm³/mol. The lowest BCUT2D eigenvalue weighted by Crippen LogP contribution is -2.54. The van der Waals surface area contributed by atoms with E-state index in [1.807, 2.05) is 20.8 Å². The zero-order valence-electron chi connectivity index (χ0n) is 12.0. The third kappa shape index (κ3) is 2.91. The summed E-state index contributed by atoms with van der Waals surface area (Å²) in [6, 6.07) is -0.520. The molecule has 0 aromatic carbocycles. The summed E-state index contributed by atoms with van der Waals surface area (Å²) in [6.07, 6.45) is 5.11. The van der Waals surface area contributed by atoms with Crippen molar-refractivity contribution in [2.45, 2.75) is 70.2 Å². The van der Waals surface area contributed by atoms with E-state index in [1.165, 1.54) is 4.90 Å². The lowest BCUT2D eigenvalue weighted by Gasteiger charge is -2.41. The normalized spacial score (nSPS) is 26.5. The minimum atomic E-state index is -0.619. The maximum atomic E-state index is 12.4. The minimum Gasteiger partial charge on any atom is -0.444 e. The average molecular weight is 269 g/mol. The lowest BCUT2D eigenvalue weighted by molar-refractivity contribution is -0.119. The maximum absolute atomic E-state index is 12.4. The summed E-state index contributed by atoms with van der Waals surface area (Å²) >= 11 is 0. The number of aldehydes is 1. The zero-order chi connectivity index (χ0) is 14.1. The number of hydrogen-bond acceptors (Lipinski definition) is 4. The first-order valence-electron chi connectivity index (χ1n) is 6.99. The van der Waals surface area contributed by atoms with Gasteiger partial charge in [0.2, 0.25) is 0 Å². The molecule has 2 rings (SSSR count). The van der Waals surface area contributed by atoms with Crippen LogP contribution in [0.25, 0.3) is 0 Å². The highest BCUT2D eigenvalue weighted by atomic mass is 16.6. The third-order valence-electron chi connectivity index (χ3n) is 3.68. The number of carbonyl (C=O) groups is 2. The highest BCUT2D eigenvalue weighted by Gasteiger charge is 2.51. The zero-order valence-corrected chi connectivity index (χ0v) is 12.0. The molecule has 0 bridgehead atoms. The van der Waals surface area contributed by atoms with Crippen LogP contribution in [-0.2, 0) is 14.3 Å². The Bertz CT molecular complexity index is 355. The molecule has 1 heterocycles.